The van der Waals surface area contributed by atoms with E-state index in [-0.39, 0.29) is 18.3 Å². The van der Waals surface area contributed by atoms with Crippen molar-refractivity contribution in [1.29, 1.82) is 0 Å². The Morgan fingerprint density at radius 2 is 1.68 bits per heavy atom. The number of carbonyl (C=O) groups is 3. The van der Waals surface area contributed by atoms with Gasteiger partial charge in [-0.05, 0) is 43.2 Å². The molecule has 0 heterocycles. The fraction of sp³-hybridized carbons (Fsp3) is 0.158. The lowest BCUT2D eigenvalue weighted by Gasteiger charge is -2.07. The molecule has 2 aromatic rings. The number of anilines is 1. The third-order valence-corrected chi connectivity index (χ3v) is 3.39. The van der Waals surface area contributed by atoms with E-state index in [4.69, 9.17) is 10.5 Å². The quantitative estimate of drug-likeness (QED) is 0.720. The van der Waals surface area contributed by atoms with Gasteiger partial charge in [0, 0.05) is 11.3 Å². The summed E-state index contributed by atoms with van der Waals surface area (Å²) in [6, 6.07) is 13.8. The van der Waals surface area contributed by atoms with Crippen molar-refractivity contribution in [2.45, 2.75) is 13.3 Å². The molecule has 6 heteroatoms. The summed E-state index contributed by atoms with van der Waals surface area (Å²) in [6.45, 7) is 1.32. The van der Waals surface area contributed by atoms with Crippen molar-refractivity contribution >= 4 is 23.3 Å². The summed E-state index contributed by atoms with van der Waals surface area (Å²) in [5, 5.41) is 2.74. The molecule has 0 aromatic heterocycles. The number of ketones is 1. The Morgan fingerprint density at radius 3 is 2.24 bits per heavy atom. The Kier molecular flexibility index (Phi) is 6.28. The molecule has 3 N–H and O–H groups in total. The number of hydrogen-bond acceptors (Lipinski definition) is 4. The summed E-state index contributed by atoms with van der Waals surface area (Å²) in [6.07, 6.45) is 1.99. The maximum absolute atomic E-state index is 11.9. The molecule has 0 fully saturated rings. The van der Waals surface area contributed by atoms with Crippen molar-refractivity contribution < 1.29 is 19.1 Å². The SMILES string of the molecule is CC(=O)c1ccc(C[CH]C(=O)Nc2ccc(OCC(N)=O)cc2)cc1. The standard InChI is InChI=1S/C19H19N2O4/c1-13(22)15-5-2-14(3-6-15)4-11-19(24)21-16-7-9-17(10-8-16)25-12-18(20)23/h2-3,5-11H,4,12H2,1H3,(H2,20,23)(H,21,24). The lowest BCUT2D eigenvalue weighted by atomic mass is 10.1. The van der Waals surface area contributed by atoms with E-state index in [1.807, 2.05) is 12.1 Å². The highest BCUT2D eigenvalue weighted by Crippen LogP contribution is 2.16. The zero-order valence-corrected chi connectivity index (χ0v) is 13.8. The predicted octanol–water partition coefficient (Wildman–Crippen LogP) is 2.14. The van der Waals surface area contributed by atoms with Gasteiger partial charge in [-0.15, -0.1) is 0 Å². The Labute approximate surface area is 146 Å². The molecule has 25 heavy (non-hydrogen) atoms. The number of nitrogens with two attached hydrogens (primary N) is 1. The maximum atomic E-state index is 11.9. The fourth-order valence-corrected chi connectivity index (χ4v) is 2.07. The summed E-state index contributed by atoms with van der Waals surface area (Å²) in [4.78, 5) is 33.8. The monoisotopic (exact) mass is 339 g/mol. The molecule has 6 nitrogen and oxygen atoms in total. The van der Waals surface area contributed by atoms with Crippen molar-refractivity contribution in [2.75, 3.05) is 11.9 Å². The van der Waals surface area contributed by atoms with Crippen LogP contribution in [0.5, 0.6) is 5.75 Å². The van der Waals surface area contributed by atoms with Crippen molar-refractivity contribution in [1.82, 2.24) is 0 Å². The number of ether oxygens (including phenoxy) is 1. The van der Waals surface area contributed by atoms with E-state index in [1.54, 1.807) is 36.4 Å². The van der Waals surface area contributed by atoms with E-state index in [1.165, 1.54) is 13.3 Å². The van der Waals surface area contributed by atoms with Gasteiger partial charge in [0.05, 0.1) is 6.42 Å². The van der Waals surface area contributed by atoms with E-state index in [9.17, 15) is 14.4 Å². The van der Waals surface area contributed by atoms with Gasteiger partial charge in [-0.2, -0.15) is 0 Å². The topological polar surface area (TPSA) is 98.5 Å². The molecule has 0 bridgehead atoms. The molecule has 0 aliphatic heterocycles. The lowest BCUT2D eigenvalue weighted by molar-refractivity contribution is -0.120. The first kappa shape index (κ1) is 18.2. The first-order chi connectivity index (χ1) is 11.9. The Hall–Kier alpha value is -3.15. The zero-order valence-electron chi connectivity index (χ0n) is 13.8. The molecular weight excluding hydrogens is 320 g/mol. The average Bonchev–Trinajstić information content (AvgIpc) is 2.59. The Balaban J connectivity index is 1.81. The van der Waals surface area contributed by atoms with Gasteiger partial charge in [0.2, 0.25) is 5.91 Å². The molecule has 0 saturated heterocycles. The molecule has 129 valence electrons. The third kappa shape index (κ3) is 6.10. The van der Waals surface area contributed by atoms with Crippen LogP contribution in [0.4, 0.5) is 5.69 Å². The van der Waals surface area contributed by atoms with E-state index in [0.29, 0.717) is 23.4 Å². The number of primary amides is 1. The van der Waals surface area contributed by atoms with Gasteiger partial charge in [0.25, 0.3) is 5.91 Å². The van der Waals surface area contributed by atoms with E-state index >= 15 is 0 Å². The van der Waals surface area contributed by atoms with Gasteiger partial charge >= 0.3 is 0 Å². The summed E-state index contributed by atoms with van der Waals surface area (Å²) in [5.74, 6) is -0.285. The normalized spacial score (nSPS) is 10.1. The minimum atomic E-state index is -0.552. The minimum Gasteiger partial charge on any atom is -0.484 e. The minimum absolute atomic E-state index is 0.0107. The molecule has 2 amide bonds. The van der Waals surface area contributed by atoms with Crippen molar-refractivity contribution in [3.8, 4) is 5.75 Å². The van der Waals surface area contributed by atoms with Crippen LogP contribution in [0.3, 0.4) is 0 Å². The van der Waals surface area contributed by atoms with Crippen LogP contribution in [0.1, 0.15) is 22.8 Å². The zero-order chi connectivity index (χ0) is 18.2. The van der Waals surface area contributed by atoms with Gasteiger partial charge in [-0.25, -0.2) is 0 Å². The van der Waals surface area contributed by atoms with Gasteiger partial charge in [0.15, 0.2) is 12.4 Å². The average molecular weight is 339 g/mol. The molecule has 0 atom stereocenters. The summed E-state index contributed by atoms with van der Waals surface area (Å²) in [5.41, 5.74) is 7.19. The molecule has 2 rings (SSSR count). The molecule has 0 aliphatic carbocycles. The highest BCUT2D eigenvalue weighted by Gasteiger charge is 2.05. The molecular formula is C19H19N2O4. The first-order valence-electron chi connectivity index (χ1n) is 7.69. The third-order valence-electron chi connectivity index (χ3n) is 3.39. The second-order valence-electron chi connectivity index (χ2n) is 5.43. The van der Waals surface area contributed by atoms with Crippen LogP contribution < -0.4 is 15.8 Å². The van der Waals surface area contributed by atoms with E-state index in [2.05, 4.69) is 5.32 Å². The first-order valence-corrected chi connectivity index (χ1v) is 7.69. The van der Waals surface area contributed by atoms with Gasteiger partial charge in [0.1, 0.15) is 5.75 Å². The molecule has 1 radical (unpaired) electrons. The van der Waals surface area contributed by atoms with E-state index in [0.717, 1.165) is 5.56 Å². The van der Waals surface area contributed by atoms with Crippen LogP contribution in [0, 0.1) is 6.42 Å². The van der Waals surface area contributed by atoms with Crippen LogP contribution in [0.15, 0.2) is 48.5 Å². The van der Waals surface area contributed by atoms with Crippen molar-refractivity contribution in [2.24, 2.45) is 5.73 Å². The summed E-state index contributed by atoms with van der Waals surface area (Å²) < 4.78 is 5.14. The van der Waals surface area contributed by atoms with Gasteiger partial charge < -0.3 is 15.8 Å². The highest BCUT2D eigenvalue weighted by atomic mass is 16.5. The number of nitrogens with one attached hydrogen (secondary N) is 1. The largest absolute Gasteiger partial charge is 0.484 e. The maximum Gasteiger partial charge on any atom is 0.255 e. The number of rotatable bonds is 8. The number of hydrogen-bond donors (Lipinski definition) is 2. The predicted molar refractivity (Wildman–Crippen MR) is 94.2 cm³/mol. The van der Waals surface area contributed by atoms with Gasteiger partial charge in [-0.3, -0.25) is 14.4 Å². The smallest absolute Gasteiger partial charge is 0.255 e. The summed E-state index contributed by atoms with van der Waals surface area (Å²) in [7, 11) is 0. The lowest BCUT2D eigenvalue weighted by Crippen LogP contribution is -2.20. The number of carbonyl (C=O) groups excluding carboxylic acids is 3. The van der Waals surface area contributed by atoms with Crippen LogP contribution in [-0.2, 0) is 16.0 Å². The van der Waals surface area contributed by atoms with E-state index < -0.39 is 5.91 Å². The molecule has 0 aliphatic rings. The summed E-state index contributed by atoms with van der Waals surface area (Å²) >= 11 is 0. The molecule has 0 saturated carbocycles. The van der Waals surface area contributed by atoms with Crippen molar-refractivity contribution in [3.05, 3.63) is 66.1 Å². The second-order valence-corrected chi connectivity index (χ2v) is 5.43. The molecule has 0 spiro atoms. The fourth-order valence-electron chi connectivity index (χ4n) is 2.07. The number of benzene rings is 2. The molecule has 2 aromatic carbocycles. The van der Waals surface area contributed by atoms with Crippen LogP contribution in [0.2, 0.25) is 0 Å². The molecule has 0 unspecified atom stereocenters. The van der Waals surface area contributed by atoms with Gasteiger partial charge in [-0.1, -0.05) is 24.3 Å². The van der Waals surface area contributed by atoms with Crippen LogP contribution in [-0.4, -0.2) is 24.2 Å². The second kappa shape index (κ2) is 8.63. The van der Waals surface area contributed by atoms with Crippen molar-refractivity contribution in [3.63, 3.8) is 0 Å². The Bertz CT molecular complexity index is 752. The number of Topliss-reactive ketones (excluding diaryl/α,β-unsaturated/α-hetero) is 1. The van der Waals surface area contributed by atoms with Crippen LogP contribution >= 0.6 is 0 Å². The van der Waals surface area contributed by atoms with Crippen LogP contribution in [0.25, 0.3) is 0 Å². The Morgan fingerprint density at radius 1 is 1.04 bits per heavy atom. The number of amides is 2. The highest BCUT2D eigenvalue weighted by molar-refractivity contribution is 5.97.